The van der Waals surface area contributed by atoms with E-state index in [1.54, 1.807) is 38.2 Å². The van der Waals surface area contributed by atoms with Crippen molar-refractivity contribution in [3.63, 3.8) is 0 Å². The number of nitrogens with zero attached hydrogens (tertiary/aromatic N) is 1. The van der Waals surface area contributed by atoms with Crippen molar-refractivity contribution in [2.75, 3.05) is 19.0 Å². The molecule has 0 saturated carbocycles. The summed E-state index contributed by atoms with van der Waals surface area (Å²) >= 11 is 0. The van der Waals surface area contributed by atoms with Gasteiger partial charge < -0.3 is 20.2 Å². The lowest BCUT2D eigenvalue weighted by atomic mass is 10.1. The molecule has 30 heavy (non-hydrogen) atoms. The number of aromatic nitrogens is 1. The SMILES string of the molecule is CCCC=O.CNc1cc(C(=O)NCc2ccc(OCC(F)(F)F)c(C)c2)ccn1. The van der Waals surface area contributed by atoms with Crippen LogP contribution in [-0.4, -0.2) is 37.0 Å². The Kier molecular flexibility index (Phi) is 10.4. The van der Waals surface area contributed by atoms with Gasteiger partial charge in [0.25, 0.3) is 5.91 Å². The summed E-state index contributed by atoms with van der Waals surface area (Å²) in [6, 6.07) is 7.97. The maximum absolute atomic E-state index is 12.2. The van der Waals surface area contributed by atoms with E-state index in [4.69, 9.17) is 4.74 Å². The zero-order valence-electron chi connectivity index (χ0n) is 17.2. The van der Waals surface area contributed by atoms with Crippen LogP contribution in [0.5, 0.6) is 5.75 Å². The zero-order chi connectivity index (χ0) is 22.6. The highest BCUT2D eigenvalue weighted by atomic mass is 19.4. The van der Waals surface area contributed by atoms with Gasteiger partial charge in [-0.05, 0) is 42.7 Å². The van der Waals surface area contributed by atoms with Crippen molar-refractivity contribution in [3.05, 3.63) is 53.2 Å². The molecule has 0 radical (unpaired) electrons. The predicted octanol–water partition coefficient (Wildman–Crippen LogP) is 4.29. The Labute approximate surface area is 173 Å². The minimum Gasteiger partial charge on any atom is -0.484 e. The summed E-state index contributed by atoms with van der Waals surface area (Å²) in [5, 5.41) is 5.60. The Morgan fingerprint density at radius 3 is 2.50 bits per heavy atom. The van der Waals surface area contributed by atoms with Gasteiger partial charge in [-0.25, -0.2) is 4.98 Å². The first kappa shape index (κ1) is 24.9. The van der Waals surface area contributed by atoms with Crippen LogP contribution in [0.15, 0.2) is 36.5 Å². The van der Waals surface area contributed by atoms with Crippen molar-refractivity contribution < 1.29 is 27.5 Å². The molecule has 0 spiro atoms. The van der Waals surface area contributed by atoms with Gasteiger partial charge in [-0.3, -0.25) is 4.79 Å². The summed E-state index contributed by atoms with van der Waals surface area (Å²) in [4.78, 5) is 25.6. The van der Waals surface area contributed by atoms with Gasteiger partial charge in [0.1, 0.15) is 17.9 Å². The predicted molar refractivity (Wildman–Crippen MR) is 109 cm³/mol. The highest BCUT2D eigenvalue weighted by Crippen LogP contribution is 2.22. The van der Waals surface area contributed by atoms with Gasteiger partial charge in [-0.15, -0.1) is 0 Å². The molecule has 0 aliphatic rings. The van der Waals surface area contributed by atoms with Crippen LogP contribution in [-0.2, 0) is 11.3 Å². The summed E-state index contributed by atoms with van der Waals surface area (Å²) in [7, 11) is 1.70. The smallest absolute Gasteiger partial charge is 0.422 e. The molecule has 0 fully saturated rings. The van der Waals surface area contributed by atoms with Crippen LogP contribution >= 0.6 is 0 Å². The number of anilines is 1. The Morgan fingerprint density at radius 1 is 1.23 bits per heavy atom. The summed E-state index contributed by atoms with van der Waals surface area (Å²) in [5.74, 6) is 0.476. The zero-order valence-corrected chi connectivity index (χ0v) is 17.2. The van der Waals surface area contributed by atoms with Crippen molar-refractivity contribution in [3.8, 4) is 5.75 Å². The number of rotatable bonds is 8. The number of amides is 1. The van der Waals surface area contributed by atoms with Crippen LogP contribution in [0.3, 0.4) is 0 Å². The van der Waals surface area contributed by atoms with Crippen LogP contribution in [0.1, 0.15) is 41.3 Å². The lowest BCUT2D eigenvalue weighted by Gasteiger charge is -2.13. The standard InChI is InChI=1S/C17H18F3N3O2.C4H8O/c1-11-7-12(3-4-14(11)25-10-17(18,19)20)9-23-16(24)13-5-6-22-15(8-13)21-2;1-2-3-4-5/h3-8H,9-10H2,1-2H3,(H,21,22)(H,23,24);4H,2-3H2,1H3. The lowest BCUT2D eigenvalue weighted by Crippen LogP contribution is -2.23. The first-order valence-electron chi connectivity index (χ1n) is 9.34. The maximum Gasteiger partial charge on any atom is 0.422 e. The molecule has 9 heteroatoms. The second kappa shape index (κ2) is 12.5. The fraction of sp³-hybridized carbons (Fsp3) is 0.381. The second-order valence-corrected chi connectivity index (χ2v) is 6.32. The largest absolute Gasteiger partial charge is 0.484 e. The van der Waals surface area contributed by atoms with E-state index in [9.17, 15) is 22.8 Å². The number of hydrogen-bond acceptors (Lipinski definition) is 5. The van der Waals surface area contributed by atoms with Gasteiger partial charge in [0, 0.05) is 31.8 Å². The number of nitrogens with one attached hydrogen (secondary N) is 2. The summed E-state index contributed by atoms with van der Waals surface area (Å²) in [6.45, 7) is 2.55. The fourth-order valence-corrected chi connectivity index (χ4v) is 2.25. The average molecular weight is 425 g/mol. The highest BCUT2D eigenvalue weighted by molar-refractivity contribution is 5.94. The monoisotopic (exact) mass is 425 g/mol. The molecule has 1 aromatic heterocycles. The van der Waals surface area contributed by atoms with E-state index in [1.165, 1.54) is 12.3 Å². The highest BCUT2D eigenvalue weighted by Gasteiger charge is 2.28. The van der Waals surface area contributed by atoms with Gasteiger partial charge in [-0.1, -0.05) is 19.1 Å². The Morgan fingerprint density at radius 2 is 1.97 bits per heavy atom. The molecule has 6 nitrogen and oxygen atoms in total. The van der Waals surface area contributed by atoms with E-state index in [1.807, 2.05) is 6.92 Å². The van der Waals surface area contributed by atoms with Gasteiger partial charge in [0.2, 0.25) is 0 Å². The van der Waals surface area contributed by atoms with Crippen molar-refractivity contribution >= 4 is 18.0 Å². The Bertz CT molecular complexity index is 827. The van der Waals surface area contributed by atoms with Crippen LogP contribution in [0.2, 0.25) is 0 Å². The summed E-state index contributed by atoms with van der Waals surface area (Å²) in [5.41, 5.74) is 1.78. The molecule has 1 amide bonds. The van der Waals surface area contributed by atoms with E-state index in [0.29, 0.717) is 23.4 Å². The molecule has 164 valence electrons. The average Bonchev–Trinajstić information content (AvgIpc) is 2.71. The first-order chi connectivity index (χ1) is 14.2. The summed E-state index contributed by atoms with van der Waals surface area (Å²) < 4.78 is 41.3. The second-order valence-electron chi connectivity index (χ2n) is 6.32. The van der Waals surface area contributed by atoms with Crippen LogP contribution in [0, 0.1) is 6.92 Å². The van der Waals surface area contributed by atoms with E-state index in [0.717, 1.165) is 18.3 Å². The quantitative estimate of drug-likeness (QED) is 0.617. The van der Waals surface area contributed by atoms with E-state index in [-0.39, 0.29) is 18.2 Å². The molecule has 1 heterocycles. The number of halogens is 3. The molecule has 1 aromatic carbocycles. The van der Waals surface area contributed by atoms with Gasteiger partial charge in [0.05, 0.1) is 0 Å². The molecular formula is C21H26F3N3O3. The van der Waals surface area contributed by atoms with Crippen LogP contribution < -0.4 is 15.4 Å². The molecule has 0 saturated heterocycles. The minimum absolute atomic E-state index is 0.167. The molecule has 2 aromatic rings. The molecule has 0 unspecified atom stereocenters. The van der Waals surface area contributed by atoms with Gasteiger partial charge >= 0.3 is 6.18 Å². The molecule has 2 N–H and O–H groups in total. The van der Waals surface area contributed by atoms with Crippen molar-refractivity contribution in [1.29, 1.82) is 0 Å². The van der Waals surface area contributed by atoms with E-state index < -0.39 is 12.8 Å². The molecule has 0 aliphatic heterocycles. The number of alkyl halides is 3. The van der Waals surface area contributed by atoms with Crippen LogP contribution in [0.4, 0.5) is 19.0 Å². The third kappa shape index (κ3) is 9.40. The van der Waals surface area contributed by atoms with Crippen LogP contribution in [0.25, 0.3) is 0 Å². The number of benzene rings is 1. The number of carbonyl (C=O) groups is 2. The summed E-state index contributed by atoms with van der Waals surface area (Å²) in [6.07, 6.45) is -0.239. The maximum atomic E-state index is 12.2. The number of carbonyl (C=O) groups excluding carboxylic acids is 2. The number of pyridine rings is 1. The molecule has 0 bridgehead atoms. The minimum atomic E-state index is -4.38. The van der Waals surface area contributed by atoms with Gasteiger partial charge in [-0.2, -0.15) is 13.2 Å². The first-order valence-corrected chi connectivity index (χ1v) is 9.34. The molecule has 0 aliphatic carbocycles. The number of aryl methyl sites for hydroxylation is 1. The fourth-order valence-electron chi connectivity index (χ4n) is 2.25. The molecule has 0 atom stereocenters. The normalized spacial score (nSPS) is 10.5. The lowest BCUT2D eigenvalue weighted by molar-refractivity contribution is -0.153. The van der Waals surface area contributed by atoms with Gasteiger partial charge in [0.15, 0.2) is 6.61 Å². The van der Waals surface area contributed by atoms with Crippen molar-refractivity contribution in [2.45, 2.75) is 39.4 Å². The Hall–Kier alpha value is -3.10. The third-order valence-corrected chi connectivity index (χ3v) is 3.77. The number of hydrogen-bond donors (Lipinski definition) is 2. The van der Waals surface area contributed by atoms with Crippen molar-refractivity contribution in [1.82, 2.24) is 10.3 Å². The number of aldehydes is 1. The van der Waals surface area contributed by atoms with Crippen molar-refractivity contribution in [2.24, 2.45) is 0 Å². The number of ether oxygens (including phenoxy) is 1. The van der Waals surface area contributed by atoms with E-state index >= 15 is 0 Å². The molecule has 2 rings (SSSR count). The topological polar surface area (TPSA) is 80.3 Å². The number of unbranched alkanes of at least 4 members (excludes halogenated alkanes) is 1. The molecular weight excluding hydrogens is 399 g/mol. The third-order valence-electron chi connectivity index (χ3n) is 3.77. The van der Waals surface area contributed by atoms with E-state index in [2.05, 4.69) is 15.6 Å². The Balaban J connectivity index is 0.000000804.